The number of hydrogen-bond donors (Lipinski definition) is 5. The molecule has 0 aliphatic carbocycles. The number of amides is 1. The number of carbonyl (C=O) groups excluding carboxylic acids is 1. The fraction of sp³-hybridized carbons (Fsp3) is 0.909. The molecule has 0 aromatic carbocycles. The average molecular weight is 263 g/mol. The fourth-order valence-corrected chi connectivity index (χ4v) is 2.05. The molecule has 0 bridgehead atoms. The van der Waals surface area contributed by atoms with E-state index in [1.165, 1.54) is 0 Å². The van der Waals surface area contributed by atoms with E-state index >= 15 is 0 Å². The lowest BCUT2D eigenvalue weighted by molar-refractivity contribution is -0.227. The van der Waals surface area contributed by atoms with Crippen molar-refractivity contribution in [2.75, 3.05) is 6.61 Å². The normalized spacial score (nSPS) is 38.4. The van der Waals surface area contributed by atoms with Crippen molar-refractivity contribution in [1.82, 2.24) is 0 Å². The Labute approximate surface area is 105 Å². The van der Waals surface area contributed by atoms with Gasteiger partial charge in [0.1, 0.15) is 18.3 Å². The summed E-state index contributed by atoms with van der Waals surface area (Å²) in [7, 11) is 0. The zero-order valence-corrected chi connectivity index (χ0v) is 10.3. The molecule has 7 heteroatoms. The van der Waals surface area contributed by atoms with E-state index in [9.17, 15) is 20.1 Å². The van der Waals surface area contributed by atoms with Gasteiger partial charge in [-0.1, -0.05) is 6.92 Å². The molecule has 6 atom stereocenters. The maximum atomic E-state index is 11.0. The third-order valence-electron chi connectivity index (χ3n) is 3.30. The van der Waals surface area contributed by atoms with Crippen molar-refractivity contribution >= 4 is 5.91 Å². The predicted molar refractivity (Wildman–Crippen MR) is 61.4 cm³/mol. The van der Waals surface area contributed by atoms with E-state index in [1.807, 2.05) is 0 Å². The lowest BCUT2D eigenvalue weighted by Gasteiger charge is -2.41. The highest BCUT2D eigenvalue weighted by Crippen LogP contribution is 2.26. The molecule has 1 saturated heterocycles. The van der Waals surface area contributed by atoms with Gasteiger partial charge < -0.3 is 30.9 Å². The number of nitrogens with two attached hydrogens (primary N) is 1. The number of hydrogen-bond acceptors (Lipinski definition) is 6. The van der Waals surface area contributed by atoms with Gasteiger partial charge >= 0.3 is 0 Å². The molecular weight excluding hydrogens is 242 g/mol. The summed E-state index contributed by atoms with van der Waals surface area (Å²) in [5.74, 6) is -1.04. The summed E-state index contributed by atoms with van der Waals surface area (Å²) in [5, 5.41) is 38.0. The van der Waals surface area contributed by atoms with Crippen LogP contribution in [0.3, 0.4) is 0 Å². The highest BCUT2D eigenvalue weighted by atomic mass is 16.5. The second-order valence-corrected chi connectivity index (χ2v) is 4.74. The standard InChI is InChI=1S/C11H21NO6/c1-5(11(12)17)4-7-9(15)10(16)8(14)6(18-7)2-3-13/h5-10,13-16H,2-4H2,1H3,(H2,12,17). The average Bonchev–Trinajstić information content (AvgIpc) is 2.32. The molecule has 1 rings (SSSR count). The minimum Gasteiger partial charge on any atom is -0.396 e. The van der Waals surface area contributed by atoms with Crippen LogP contribution in [0.15, 0.2) is 0 Å². The van der Waals surface area contributed by atoms with Crippen LogP contribution in [0.1, 0.15) is 19.8 Å². The van der Waals surface area contributed by atoms with Crippen LogP contribution in [0.25, 0.3) is 0 Å². The molecule has 1 amide bonds. The molecule has 18 heavy (non-hydrogen) atoms. The molecular formula is C11H21NO6. The number of aliphatic hydroxyl groups excluding tert-OH is 4. The molecule has 0 spiro atoms. The summed E-state index contributed by atoms with van der Waals surface area (Å²) in [5.41, 5.74) is 5.13. The summed E-state index contributed by atoms with van der Waals surface area (Å²) in [6.07, 6.45) is -5.15. The molecule has 6 unspecified atom stereocenters. The van der Waals surface area contributed by atoms with E-state index in [2.05, 4.69) is 0 Å². The fourth-order valence-electron chi connectivity index (χ4n) is 2.05. The molecule has 106 valence electrons. The summed E-state index contributed by atoms with van der Waals surface area (Å²) in [6, 6.07) is 0. The summed E-state index contributed by atoms with van der Waals surface area (Å²) >= 11 is 0. The van der Waals surface area contributed by atoms with Crippen LogP contribution < -0.4 is 5.73 Å². The van der Waals surface area contributed by atoms with Gasteiger partial charge in [-0.15, -0.1) is 0 Å². The summed E-state index contributed by atoms with van der Waals surface area (Å²) in [4.78, 5) is 11.0. The Morgan fingerprint density at radius 3 is 2.28 bits per heavy atom. The second kappa shape index (κ2) is 6.44. The Kier molecular flexibility index (Phi) is 5.48. The maximum absolute atomic E-state index is 11.0. The molecule has 0 aromatic rings. The first-order chi connectivity index (χ1) is 8.38. The second-order valence-electron chi connectivity index (χ2n) is 4.74. The highest BCUT2D eigenvalue weighted by molar-refractivity contribution is 5.76. The van der Waals surface area contributed by atoms with Crippen molar-refractivity contribution in [3.05, 3.63) is 0 Å². The van der Waals surface area contributed by atoms with Gasteiger partial charge in [0.15, 0.2) is 0 Å². The van der Waals surface area contributed by atoms with E-state index in [0.29, 0.717) is 0 Å². The van der Waals surface area contributed by atoms with Crippen molar-refractivity contribution in [2.45, 2.75) is 50.3 Å². The zero-order valence-electron chi connectivity index (χ0n) is 10.3. The first kappa shape index (κ1) is 15.3. The van der Waals surface area contributed by atoms with Gasteiger partial charge in [0, 0.05) is 12.5 Å². The Balaban J connectivity index is 2.69. The van der Waals surface area contributed by atoms with Crippen molar-refractivity contribution < 1.29 is 30.0 Å². The topological polar surface area (TPSA) is 133 Å². The monoisotopic (exact) mass is 263 g/mol. The van der Waals surface area contributed by atoms with Crippen molar-refractivity contribution in [3.63, 3.8) is 0 Å². The van der Waals surface area contributed by atoms with Gasteiger partial charge in [-0.3, -0.25) is 4.79 Å². The van der Waals surface area contributed by atoms with Crippen LogP contribution in [0.2, 0.25) is 0 Å². The van der Waals surface area contributed by atoms with Crippen LogP contribution in [0.5, 0.6) is 0 Å². The van der Waals surface area contributed by atoms with E-state index in [0.717, 1.165) is 0 Å². The molecule has 0 radical (unpaired) electrons. The SMILES string of the molecule is CC(CC1OC(CCO)C(O)C(O)C1O)C(N)=O. The van der Waals surface area contributed by atoms with Gasteiger partial charge in [0.05, 0.1) is 12.2 Å². The third-order valence-corrected chi connectivity index (χ3v) is 3.30. The minimum atomic E-state index is -1.36. The summed E-state index contributed by atoms with van der Waals surface area (Å²) in [6.45, 7) is 1.39. The Morgan fingerprint density at radius 2 is 1.78 bits per heavy atom. The lowest BCUT2D eigenvalue weighted by Crippen LogP contribution is -2.58. The van der Waals surface area contributed by atoms with Crippen LogP contribution >= 0.6 is 0 Å². The van der Waals surface area contributed by atoms with E-state index in [1.54, 1.807) is 6.92 Å². The lowest BCUT2D eigenvalue weighted by atomic mass is 9.89. The Morgan fingerprint density at radius 1 is 1.22 bits per heavy atom. The van der Waals surface area contributed by atoms with Crippen LogP contribution in [-0.4, -0.2) is 63.5 Å². The molecule has 6 N–H and O–H groups in total. The molecule has 0 saturated carbocycles. The molecule has 0 aromatic heterocycles. The van der Waals surface area contributed by atoms with Crippen molar-refractivity contribution in [1.29, 1.82) is 0 Å². The Bertz CT molecular complexity index is 287. The predicted octanol–water partition coefficient (Wildman–Crippen LogP) is -2.27. The molecule has 1 aliphatic heterocycles. The number of primary amides is 1. The molecule has 7 nitrogen and oxygen atoms in total. The maximum Gasteiger partial charge on any atom is 0.220 e. The van der Waals surface area contributed by atoms with Gasteiger partial charge in [-0.05, 0) is 12.8 Å². The van der Waals surface area contributed by atoms with Crippen molar-refractivity contribution in [3.8, 4) is 0 Å². The highest BCUT2D eigenvalue weighted by Gasteiger charge is 2.43. The molecule has 1 aliphatic rings. The van der Waals surface area contributed by atoms with Crippen LogP contribution in [-0.2, 0) is 9.53 Å². The van der Waals surface area contributed by atoms with Gasteiger partial charge in [0.25, 0.3) is 0 Å². The van der Waals surface area contributed by atoms with Crippen LogP contribution in [0, 0.1) is 5.92 Å². The quantitative estimate of drug-likeness (QED) is 0.380. The first-order valence-corrected chi connectivity index (χ1v) is 5.98. The van der Waals surface area contributed by atoms with E-state index < -0.39 is 42.3 Å². The van der Waals surface area contributed by atoms with Gasteiger partial charge in [-0.25, -0.2) is 0 Å². The number of carbonyl (C=O) groups is 1. The summed E-state index contributed by atoms with van der Waals surface area (Å²) < 4.78 is 5.41. The smallest absolute Gasteiger partial charge is 0.220 e. The first-order valence-electron chi connectivity index (χ1n) is 5.98. The Hall–Kier alpha value is -0.730. The van der Waals surface area contributed by atoms with E-state index in [-0.39, 0.29) is 19.4 Å². The van der Waals surface area contributed by atoms with E-state index in [4.69, 9.17) is 15.6 Å². The number of rotatable bonds is 5. The third kappa shape index (κ3) is 3.39. The molecule has 1 fully saturated rings. The van der Waals surface area contributed by atoms with Gasteiger partial charge in [0.2, 0.25) is 5.91 Å². The largest absolute Gasteiger partial charge is 0.396 e. The van der Waals surface area contributed by atoms with Gasteiger partial charge in [-0.2, -0.15) is 0 Å². The van der Waals surface area contributed by atoms with Crippen LogP contribution in [0.4, 0.5) is 0 Å². The molecule has 1 heterocycles. The number of ether oxygens (including phenoxy) is 1. The van der Waals surface area contributed by atoms with Crippen molar-refractivity contribution in [2.24, 2.45) is 11.7 Å². The zero-order chi connectivity index (χ0) is 13.9. The minimum absolute atomic E-state index is 0.145. The number of aliphatic hydroxyl groups is 4.